The van der Waals surface area contributed by atoms with Gasteiger partial charge in [0.1, 0.15) is 6.04 Å². The van der Waals surface area contributed by atoms with Crippen LogP contribution in [0.2, 0.25) is 0 Å². The average molecular weight is 332 g/mol. The van der Waals surface area contributed by atoms with Crippen molar-refractivity contribution >= 4 is 11.8 Å². The van der Waals surface area contributed by atoms with Gasteiger partial charge in [0, 0.05) is 23.9 Å². The highest BCUT2D eigenvalue weighted by Crippen LogP contribution is 2.19. The van der Waals surface area contributed by atoms with Crippen LogP contribution in [-0.4, -0.2) is 23.9 Å². The Labute approximate surface area is 147 Å². The number of amides is 2. The van der Waals surface area contributed by atoms with E-state index in [-0.39, 0.29) is 11.9 Å². The molecule has 4 heteroatoms. The van der Waals surface area contributed by atoms with Gasteiger partial charge in [-0.05, 0) is 30.5 Å². The van der Waals surface area contributed by atoms with Gasteiger partial charge in [0.25, 0.3) is 5.91 Å². The molecule has 1 atom stereocenters. The lowest BCUT2D eigenvalue weighted by atomic mass is 10.1. The first-order chi connectivity index (χ1) is 12.2. The van der Waals surface area contributed by atoms with Crippen LogP contribution in [0.4, 0.5) is 0 Å². The zero-order valence-electron chi connectivity index (χ0n) is 13.9. The number of carbonyl (C=O) groups excluding carboxylic acids is 2. The average Bonchev–Trinajstić information content (AvgIpc) is 3.45. The minimum atomic E-state index is -0.624. The van der Waals surface area contributed by atoms with Gasteiger partial charge in [-0.25, -0.2) is 0 Å². The van der Waals surface area contributed by atoms with E-state index in [9.17, 15) is 9.59 Å². The van der Waals surface area contributed by atoms with Crippen LogP contribution in [0.1, 0.15) is 24.0 Å². The summed E-state index contributed by atoms with van der Waals surface area (Å²) in [7, 11) is 0. The second-order valence-corrected chi connectivity index (χ2v) is 6.11. The number of hydrogen-bond donors (Lipinski definition) is 2. The number of hydrogen-bond acceptors (Lipinski definition) is 2. The molecule has 0 radical (unpaired) electrons. The Kier molecular flexibility index (Phi) is 5.48. The van der Waals surface area contributed by atoms with E-state index >= 15 is 0 Å². The fourth-order valence-corrected chi connectivity index (χ4v) is 2.43. The van der Waals surface area contributed by atoms with Crippen molar-refractivity contribution in [3.63, 3.8) is 0 Å². The Morgan fingerprint density at radius 1 is 1.00 bits per heavy atom. The largest absolute Gasteiger partial charge is 0.352 e. The summed E-state index contributed by atoms with van der Waals surface area (Å²) in [5, 5.41) is 5.70. The van der Waals surface area contributed by atoms with E-state index in [0.29, 0.717) is 6.42 Å². The predicted molar refractivity (Wildman–Crippen MR) is 96.6 cm³/mol. The molecule has 2 aromatic carbocycles. The molecule has 2 N–H and O–H groups in total. The summed E-state index contributed by atoms with van der Waals surface area (Å²) >= 11 is 0. The maximum absolute atomic E-state index is 12.4. The molecule has 1 fully saturated rings. The summed E-state index contributed by atoms with van der Waals surface area (Å²) < 4.78 is 0. The molecule has 1 aliphatic rings. The van der Waals surface area contributed by atoms with Gasteiger partial charge in [-0.3, -0.25) is 9.59 Å². The lowest BCUT2D eigenvalue weighted by molar-refractivity contribution is -0.126. The SMILES string of the molecule is O=C(C#Cc1ccccc1)N[C@@H](Cc1ccccc1)C(=O)NC1CC1. The molecule has 3 rings (SSSR count). The fraction of sp³-hybridized carbons (Fsp3) is 0.238. The van der Waals surface area contributed by atoms with E-state index in [1.165, 1.54) is 0 Å². The number of rotatable bonds is 5. The zero-order valence-corrected chi connectivity index (χ0v) is 13.9. The molecule has 0 heterocycles. The molecule has 0 bridgehead atoms. The maximum Gasteiger partial charge on any atom is 0.296 e. The van der Waals surface area contributed by atoms with Gasteiger partial charge < -0.3 is 10.6 Å². The van der Waals surface area contributed by atoms with E-state index in [1.807, 2.05) is 60.7 Å². The first kappa shape index (κ1) is 16.8. The standard InChI is InChI=1S/C21H20N2O2/c24-20(14-11-16-7-3-1-4-8-16)23-19(21(25)22-18-12-13-18)15-17-9-5-2-6-10-17/h1-10,18-19H,12-13,15H2,(H,22,25)(H,23,24)/t19-/m0/s1. The van der Waals surface area contributed by atoms with Crippen LogP contribution in [0.5, 0.6) is 0 Å². The monoisotopic (exact) mass is 332 g/mol. The number of carbonyl (C=O) groups is 2. The van der Waals surface area contributed by atoms with E-state index < -0.39 is 11.9 Å². The van der Waals surface area contributed by atoms with E-state index in [4.69, 9.17) is 0 Å². The second-order valence-electron chi connectivity index (χ2n) is 6.11. The van der Waals surface area contributed by atoms with Crippen molar-refractivity contribution in [2.24, 2.45) is 0 Å². The molecule has 2 aromatic rings. The Bertz CT molecular complexity index is 787. The predicted octanol–water partition coefficient (Wildman–Crippen LogP) is 2.04. The molecule has 1 saturated carbocycles. The summed E-state index contributed by atoms with van der Waals surface area (Å²) in [6, 6.07) is 18.6. The third-order valence-corrected chi connectivity index (χ3v) is 3.92. The molecule has 0 aromatic heterocycles. The lowest BCUT2D eigenvalue weighted by Crippen LogP contribution is -2.48. The van der Waals surface area contributed by atoms with Gasteiger partial charge in [-0.15, -0.1) is 0 Å². The highest BCUT2D eigenvalue weighted by molar-refractivity contribution is 5.97. The van der Waals surface area contributed by atoms with Crippen LogP contribution >= 0.6 is 0 Å². The van der Waals surface area contributed by atoms with Crippen LogP contribution in [0, 0.1) is 11.8 Å². The quantitative estimate of drug-likeness (QED) is 0.823. The van der Waals surface area contributed by atoms with Crippen molar-refractivity contribution in [1.29, 1.82) is 0 Å². The summed E-state index contributed by atoms with van der Waals surface area (Å²) in [6.45, 7) is 0. The Hall–Kier alpha value is -3.06. The minimum absolute atomic E-state index is 0.152. The molecule has 0 spiro atoms. The third kappa shape index (κ3) is 5.50. The van der Waals surface area contributed by atoms with Gasteiger partial charge in [0.05, 0.1) is 0 Å². The zero-order chi connectivity index (χ0) is 17.5. The van der Waals surface area contributed by atoms with Crippen LogP contribution in [0.3, 0.4) is 0 Å². The first-order valence-corrected chi connectivity index (χ1v) is 8.42. The van der Waals surface area contributed by atoms with Gasteiger partial charge in [0.15, 0.2) is 0 Å². The van der Waals surface area contributed by atoms with Crippen molar-refractivity contribution in [1.82, 2.24) is 10.6 Å². The lowest BCUT2D eigenvalue weighted by Gasteiger charge is -2.17. The van der Waals surface area contributed by atoms with Gasteiger partial charge >= 0.3 is 0 Å². The smallest absolute Gasteiger partial charge is 0.296 e. The van der Waals surface area contributed by atoms with Crippen molar-refractivity contribution in [2.75, 3.05) is 0 Å². The van der Waals surface area contributed by atoms with E-state index in [0.717, 1.165) is 24.0 Å². The van der Waals surface area contributed by atoms with Crippen molar-refractivity contribution in [3.05, 3.63) is 71.8 Å². The minimum Gasteiger partial charge on any atom is -0.352 e. The van der Waals surface area contributed by atoms with Crippen LogP contribution in [-0.2, 0) is 16.0 Å². The molecule has 0 unspecified atom stereocenters. The molecule has 1 aliphatic carbocycles. The highest BCUT2D eigenvalue weighted by atomic mass is 16.2. The molecule has 2 amide bonds. The molecule has 25 heavy (non-hydrogen) atoms. The molecular weight excluding hydrogens is 312 g/mol. The third-order valence-electron chi connectivity index (χ3n) is 3.92. The Morgan fingerprint density at radius 3 is 2.28 bits per heavy atom. The Balaban J connectivity index is 1.66. The molecular formula is C21H20N2O2. The molecule has 4 nitrogen and oxygen atoms in total. The fourth-order valence-electron chi connectivity index (χ4n) is 2.43. The summed E-state index contributed by atoms with van der Waals surface area (Å²) in [5.41, 5.74) is 1.76. The van der Waals surface area contributed by atoms with Crippen LogP contribution in [0.25, 0.3) is 0 Å². The van der Waals surface area contributed by atoms with Gasteiger partial charge in [0.2, 0.25) is 5.91 Å². The summed E-state index contributed by atoms with van der Waals surface area (Å²) in [5.74, 6) is 4.77. The normalized spacial score (nSPS) is 13.9. The van der Waals surface area contributed by atoms with Crippen LogP contribution in [0.15, 0.2) is 60.7 Å². The van der Waals surface area contributed by atoms with Crippen molar-refractivity contribution in [2.45, 2.75) is 31.3 Å². The maximum atomic E-state index is 12.4. The van der Waals surface area contributed by atoms with Crippen molar-refractivity contribution < 1.29 is 9.59 Å². The van der Waals surface area contributed by atoms with Gasteiger partial charge in [-0.2, -0.15) is 0 Å². The van der Waals surface area contributed by atoms with Crippen LogP contribution < -0.4 is 10.6 Å². The second kappa shape index (κ2) is 8.16. The highest BCUT2D eigenvalue weighted by Gasteiger charge is 2.28. The molecule has 0 saturated heterocycles. The molecule has 126 valence electrons. The number of benzene rings is 2. The number of nitrogens with one attached hydrogen (secondary N) is 2. The topological polar surface area (TPSA) is 58.2 Å². The molecule has 0 aliphatic heterocycles. The summed E-state index contributed by atoms with van der Waals surface area (Å²) in [6.07, 6.45) is 2.45. The first-order valence-electron chi connectivity index (χ1n) is 8.42. The van der Waals surface area contributed by atoms with E-state index in [2.05, 4.69) is 22.5 Å². The summed E-state index contributed by atoms with van der Waals surface area (Å²) in [4.78, 5) is 24.6. The van der Waals surface area contributed by atoms with Crippen molar-refractivity contribution in [3.8, 4) is 11.8 Å². The van der Waals surface area contributed by atoms with Gasteiger partial charge in [-0.1, -0.05) is 54.5 Å². The Morgan fingerprint density at radius 2 is 1.64 bits per heavy atom. The van der Waals surface area contributed by atoms with E-state index in [1.54, 1.807) is 0 Å².